The van der Waals surface area contributed by atoms with Crippen molar-refractivity contribution in [3.05, 3.63) is 60.1 Å². The third-order valence-electron chi connectivity index (χ3n) is 3.83. The number of sulfonamides is 1. The molecule has 29 heavy (non-hydrogen) atoms. The summed E-state index contributed by atoms with van der Waals surface area (Å²) in [6, 6.07) is 9.32. The molecular weight excluding hydrogens is 396 g/mol. The van der Waals surface area contributed by atoms with E-state index < -0.39 is 22.1 Å². The van der Waals surface area contributed by atoms with Crippen LogP contribution < -0.4 is 10.0 Å². The van der Waals surface area contributed by atoms with Gasteiger partial charge in [-0.3, -0.25) is 4.79 Å². The van der Waals surface area contributed by atoms with Crippen LogP contribution in [0.25, 0.3) is 6.08 Å². The second-order valence-electron chi connectivity index (χ2n) is 6.18. The molecular formula is C20H24N2O6S. The normalized spacial score (nSPS) is 12.6. The first kappa shape index (κ1) is 22.4. The first-order valence-corrected chi connectivity index (χ1v) is 10.6. The SMILES string of the molecule is CCCNC(=O)C(C)OC(=O)/C=C/c1ccc(S(=O)(=O)NCc2ccco2)cc1. The summed E-state index contributed by atoms with van der Waals surface area (Å²) in [5.41, 5.74) is 0.607. The number of ether oxygens (including phenoxy) is 1. The van der Waals surface area contributed by atoms with Crippen LogP contribution in [0.1, 0.15) is 31.6 Å². The number of nitrogens with one attached hydrogen (secondary N) is 2. The van der Waals surface area contributed by atoms with Crippen molar-refractivity contribution in [3.63, 3.8) is 0 Å². The molecule has 2 N–H and O–H groups in total. The number of furan rings is 1. The van der Waals surface area contributed by atoms with Crippen LogP contribution in [-0.4, -0.2) is 32.9 Å². The van der Waals surface area contributed by atoms with Crippen LogP contribution in [0.3, 0.4) is 0 Å². The van der Waals surface area contributed by atoms with E-state index in [9.17, 15) is 18.0 Å². The minimum absolute atomic E-state index is 0.0485. The van der Waals surface area contributed by atoms with Gasteiger partial charge in [-0.2, -0.15) is 0 Å². The van der Waals surface area contributed by atoms with Crippen LogP contribution in [0.15, 0.2) is 58.1 Å². The lowest BCUT2D eigenvalue weighted by molar-refractivity contribution is -0.150. The highest BCUT2D eigenvalue weighted by Crippen LogP contribution is 2.13. The van der Waals surface area contributed by atoms with Crippen molar-refractivity contribution in [2.24, 2.45) is 0 Å². The Morgan fingerprint density at radius 1 is 1.21 bits per heavy atom. The molecule has 1 heterocycles. The molecule has 8 nitrogen and oxygen atoms in total. The second-order valence-corrected chi connectivity index (χ2v) is 7.94. The van der Waals surface area contributed by atoms with Crippen LogP contribution in [0, 0.1) is 0 Å². The molecule has 1 aromatic heterocycles. The van der Waals surface area contributed by atoms with Crippen LogP contribution in [-0.2, 0) is 30.9 Å². The Hall–Kier alpha value is -2.91. The summed E-state index contributed by atoms with van der Waals surface area (Å²) in [5, 5.41) is 2.64. The van der Waals surface area contributed by atoms with E-state index in [1.807, 2.05) is 6.92 Å². The van der Waals surface area contributed by atoms with E-state index in [1.54, 1.807) is 24.3 Å². The molecule has 2 aromatic rings. The molecule has 1 atom stereocenters. The van der Waals surface area contributed by atoms with Gasteiger partial charge in [0.15, 0.2) is 6.10 Å². The van der Waals surface area contributed by atoms with Crippen molar-refractivity contribution in [1.29, 1.82) is 0 Å². The number of carbonyl (C=O) groups is 2. The maximum absolute atomic E-state index is 12.3. The molecule has 1 aromatic carbocycles. The first-order valence-electron chi connectivity index (χ1n) is 9.10. The van der Waals surface area contributed by atoms with Gasteiger partial charge < -0.3 is 14.5 Å². The van der Waals surface area contributed by atoms with Crippen molar-refractivity contribution >= 4 is 28.0 Å². The Morgan fingerprint density at radius 2 is 1.93 bits per heavy atom. The minimum atomic E-state index is -3.69. The molecule has 0 fully saturated rings. The van der Waals surface area contributed by atoms with Gasteiger partial charge in [0.05, 0.1) is 17.7 Å². The Bertz CT molecular complexity index is 934. The van der Waals surface area contributed by atoms with Crippen LogP contribution in [0.4, 0.5) is 0 Å². The number of amides is 1. The fourth-order valence-corrected chi connectivity index (χ4v) is 3.24. The summed E-state index contributed by atoms with van der Waals surface area (Å²) < 4.78 is 37.1. The fourth-order valence-electron chi connectivity index (χ4n) is 2.24. The molecule has 0 spiro atoms. The summed E-state index contributed by atoms with van der Waals surface area (Å²) in [6.45, 7) is 3.98. The van der Waals surface area contributed by atoms with Gasteiger partial charge in [-0.15, -0.1) is 0 Å². The van der Waals surface area contributed by atoms with Gasteiger partial charge in [0.2, 0.25) is 10.0 Å². The average molecular weight is 420 g/mol. The van der Waals surface area contributed by atoms with Gasteiger partial charge in [-0.05, 0) is 49.2 Å². The quantitative estimate of drug-likeness (QED) is 0.450. The third-order valence-corrected chi connectivity index (χ3v) is 5.25. The molecule has 0 aliphatic heterocycles. The lowest BCUT2D eigenvalue weighted by Gasteiger charge is -2.11. The molecule has 1 amide bonds. The number of benzene rings is 1. The van der Waals surface area contributed by atoms with E-state index >= 15 is 0 Å². The van der Waals surface area contributed by atoms with Crippen LogP contribution >= 0.6 is 0 Å². The number of rotatable bonds is 10. The lowest BCUT2D eigenvalue weighted by atomic mass is 10.2. The lowest BCUT2D eigenvalue weighted by Crippen LogP contribution is -2.35. The Kier molecular flexibility index (Phi) is 8.17. The maximum atomic E-state index is 12.3. The number of hydrogen-bond donors (Lipinski definition) is 2. The highest BCUT2D eigenvalue weighted by molar-refractivity contribution is 7.89. The molecule has 156 valence electrons. The zero-order chi connectivity index (χ0) is 21.3. The summed E-state index contributed by atoms with van der Waals surface area (Å²) in [4.78, 5) is 23.6. The van der Waals surface area contributed by atoms with Gasteiger partial charge in [0.1, 0.15) is 5.76 Å². The van der Waals surface area contributed by atoms with E-state index in [1.165, 1.54) is 37.5 Å². The van der Waals surface area contributed by atoms with Crippen molar-refractivity contribution in [3.8, 4) is 0 Å². The average Bonchev–Trinajstić information content (AvgIpc) is 3.23. The third kappa shape index (κ3) is 7.20. The highest BCUT2D eigenvalue weighted by atomic mass is 32.2. The van der Waals surface area contributed by atoms with E-state index in [0.717, 1.165) is 6.42 Å². The van der Waals surface area contributed by atoms with Gasteiger partial charge in [0.25, 0.3) is 5.91 Å². The van der Waals surface area contributed by atoms with E-state index in [2.05, 4.69) is 10.0 Å². The highest BCUT2D eigenvalue weighted by Gasteiger charge is 2.16. The summed E-state index contributed by atoms with van der Waals surface area (Å²) in [6.07, 6.45) is 4.02. The van der Waals surface area contributed by atoms with Crippen molar-refractivity contribution in [2.75, 3.05) is 6.54 Å². The molecule has 0 saturated heterocycles. The smallest absolute Gasteiger partial charge is 0.331 e. The summed E-state index contributed by atoms with van der Waals surface area (Å²) in [5.74, 6) is -0.518. The zero-order valence-corrected chi connectivity index (χ0v) is 17.1. The largest absolute Gasteiger partial charge is 0.468 e. The van der Waals surface area contributed by atoms with Crippen molar-refractivity contribution in [2.45, 2.75) is 37.8 Å². The Morgan fingerprint density at radius 3 is 2.55 bits per heavy atom. The molecule has 0 saturated carbocycles. The topological polar surface area (TPSA) is 115 Å². The van der Waals surface area contributed by atoms with Gasteiger partial charge in [-0.1, -0.05) is 19.1 Å². The Labute approximate surface area is 170 Å². The molecule has 9 heteroatoms. The Balaban J connectivity index is 1.90. The predicted molar refractivity (Wildman–Crippen MR) is 107 cm³/mol. The van der Waals surface area contributed by atoms with Crippen molar-refractivity contribution < 1.29 is 27.2 Å². The van der Waals surface area contributed by atoms with Gasteiger partial charge in [-0.25, -0.2) is 17.9 Å². The van der Waals surface area contributed by atoms with E-state index in [-0.39, 0.29) is 17.3 Å². The van der Waals surface area contributed by atoms with Crippen LogP contribution in [0.2, 0.25) is 0 Å². The molecule has 0 aliphatic rings. The van der Waals surface area contributed by atoms with Crippen molar-refractivity contribution in [1.82, 2.24) is 10.0 Å². The minimum Gasteiger partial charge on any atom is -0.468 e. The number of hydrogen-bond acceptors (Lipinski definition) is 6. The fraction of sp³-hybridized carbons (Fsp3) is 0.300. The summed E-state index contributed by atoms with van der Waals surface area (Å²) >= 11 is 0. The van der Waals surface area contributed by atoms with E-state index in [4.69, 9.17) is 9.15 Å². The van der Waals surface area contributed by atoms with Gasteiger partial charge >= 0.3 is 5.97 Å². The summed E-state index contributed by atoms with van der Waals surface area (Å²) in [7, 11) is -3.69. The number of carbonyl (C=O) groups excluding carboxylic acids is 2. The molecule has 1 unspecified atom stereocenters. The number of esters is 1. The monoisotopic (exact) mass is 420 g/mol. The molecule has 0 bridgehead atoms. The van der Waals surface area contributed by atoms with Gasteiger partial charge in [0, 0.05) is 12.6 Å². The van der Waals surface area contributed by atoms with E-state index in [0.29, 0.717) is 17.9 Å². The maximum Gasteiger partial charge on any atom is 0.331 e. The standard InChI is InChI=1S/C20H24N2O6S/c1-3-12-21-20(24)15(2)28-19(23)11-8-16-6-9-18(10-7-16)29(25,26)22-14-17-5-4-13-27-17/h4-11,13,15,22H,3,12,14H2,1-2H3,(H,21,24)/b11-8+. The molecule has 2 rings (SSSR count). The molecule has 0 aliphatic carbocycles. The molecule has 0 radical (unpaired) electrons. The predicted octanol–water partition coefficient (Wildman–Crippen LogP) is 2.23. The first-order chi connectivity index (χ1) is 13.8. The van der Waals surface area contributed by atoms with Crippen LogP contribution in [0.5, 0.6) is 0 Å². The second kappa shape index (κ2) is 10.6. The zero-order valence-electron chi connectivity index (χ0n) is 16.3.